The molecule has 0 rings (SSSR count). The molecule has 2 unspecified atom stereocenters. The van der Waals surface area contributed by atoms with Crippen LogP contribution in [0, 0.1) is 82.4 Å². The Labute approximate surface area is 168 Å². The normalized spacial score (nSPS) is 12.9. The quantitative estimate of drug-likeness (QED) is 0.415. The van der Waals surface area contributed by atoms with Crippen molar-refractivity contribution in [1.82, 2.24) is 0 Å². The van der Waals surface area contributed by atoms with E-state index in [1.165, 1.54) is 0 Å². The Balaban J connectivity index is 6.57. The molecule has 2 atom stereocenters. The number of rotatable bonds is 6. The Morgan fingerprint density at radius 3 is 2.04 bits per heavy atom. The summed E-state index contributed by atoms with van der Waals surface area (Å²) in [6.07, 6.45) is 13.1. The van der Waals surface area contributed by atoms with E-state index in [9.17, 15) is 0 Å². The maximum absolute atomic E-state index is 6.02. The summed E-state index contributed by atoms with van der Waals surface area (Å²) in [5, 5.41) is 0. The van der Waals surface area contributed by atoms with Crippen molar-refractivity contribution in [3.8, 4) is 71.5 Å². The lowest BCUT2D eigenvalue weighted by Gasteiger charge is -2.33. The molecule has 0 aliphatic carbocycles. The molecule has 0 aliphatic rings. The fourth-order valence-corrected chi connectivity index (χ4v) is 2.60. The molecule has 0 saturated heterocycles. The van der Waals surface area contributed by atoms with Gasteiger partial charge in [-0.2, -0.15) is 0 Å². The predicted octanol–water partition coefficient (Wildman–Crippen LogP) is 5.83. The van der Waals surface area contributed by atoms with E-state index in [0.29, 0.717) is 12.8 Å². The topological polar surface area (TPSA) is 0 Å². The summed E-state index contributed by atoms with van der Waals surface area (Å²) in [7, 11) is 0. The molecule has 0 nitrogen and oxygen atoms in total. The molecule has 0 heteroatoms. The molecule has 0 aromatic rings. The smallest absolute Gasteiger partial charge is 0.118 e. The Hall–Kier alpha value is -2.64. The van der Waals surface area contributed by atoms with Crippen molar-refractivity contribution in [2.45, 2.75) is 86.0 Å². The van der Waals surface area contributed by atoms with Crippen molar-refractivity contribution in [1.29, 1.82) is 0 Å². The first-order valence-corrected chi connectivity index (χ1v) is 10.0. The third-order valence-corrected chi connectivity index (χ3v) is 4.01. The van der Waals surface area contributed by atoms with Gasteiger partial charge < -0.3 is 0 Å². The molecule has 0 saturated carbocycles. The van der Waals surface area contributed by atoms with Crippen LogP contribution in [0.25, 0.3) is 0 Å². The number of terminal acetylenes is 1. The van der Waals surface area contributed by atoms with Gasteiger partial charge in [-0.1, -0.05) is 76.1 Å². The SMILES string of the molecule is C#CC(C#CC)(CCC)C(C#CC#CCCCC)(C#CCC)C#CCCC. The molecule has 0 radical (unpaired) electrons. The predicted molar refractivity (Wildman–Crippen MR) is 118 cm³/mol. The van der Waals surface area contributed by atoms with Gasteiger partial charge in [-0.05, 0) is 38.0 Å². The average molecular weight is 357 g/mol. The van der Waals surface area contributed by atoms with Gasteiger partial charge >= 0.3 is 0 Å². The summed E-state index contributed by atoms with van der Waals surface area (Å²) >= 11 is 0. The zero-order valence-corrected chi connectivity index (χ0v) is 17.7. The maximum atomic E-state index is 6.02. The van der Waals surface area contributed by atoms with E-state index in [-0.39, 0.29) is 0 Å². The fraction of sp³-hybridized carbons (Fsp3) is 0.556. The van der Waals surface area contributed by atoms with Gasteiger partial charge in [0.05, 0.1) is 0 Å². The molecule has 0 heterocycles. The zero-order chi connectivity index (χ0) is 20.4. The van der Waals surface area contributed by atoms with E-state index in [0.717, 1.165) is 38.5 Å². The summed E-state index contributed by atoms with van der Waals surface area (Å²) in [5.41, 5.74) is -1.80. The molecule has 0 fully saturated rings. The molecule has 0 bridgehead atoms. The van der Waals surface area contributed by atoms with Gasteiger partial charge in [-0.25, -0.2) is 0 Å². The maximum Gasteiger partial charge on any atom is 0.180 e. The van der Waals surface area contributed by atoms with Crippen LogP contribution in [-0.2, 0) is 0 Å². The van der Waals surface area contributed by atoms with Gasteiger partial charge in [-0.3, -0.25) is 0 Å². The van der Waals surface area contributed by atoms with Crippen LogP contribution in [0.5, 0.6) is 0 Å². The summed E-state index contributed by atoms with van der Waals surface area (Å²) in [5.74, 6) is 34.5. The standard InChI is InChI=1S/C27H32/c1-7-13-16-17-18-20-25-27(23-15-9-3,24-19-14-8-2)26(12-6,21-10-4)22-11-5/h6H,7-10,13-14,16,21H2,1-5H3. The average Bonchev–Trinajstić information content (AvgIpc) is 2.68. The van der Waals surface area contributed by atoms with Crippen LogP contribution >= 0.6 is 0 Å². The monoisotopic (exact) mass is 356 g/mol. The van der Waals surface area contributed by atoms with Gasteiger partial charge in [0.1, 0.15) is 5.41 Å². The second-order valence-corrected chi connectivity index (χ2v) is 6.29. The van der Waals surface area contributed by atoms with Crippen molar-refractivity contribution in [2.24, 2.45) is 10.8 Å². The Morgan fingerprint density at radius 2 is 1.48 bits per heavy atom. The molecule has 140 valence electrons. The lowest BCUT2D eigenvalue weighted by Crippen LogP contribution is -2.37. The van der Waals surface area contributed by atoms with Crippen molar-refractivity contribution in [2.75, 3.05) is 0 Å². The third-order valence-electron chi connectivity index (χ3n) is 4.01. The summed E-state index contributed by atoms with van der Waals surface area (Å²) < 4.78 is 0. The van der Waals surface area contributed by atoms with Crippen molar-refractivity contribution in [3.05, 3.63) is 0 Å². The second kappa shape index (κ2) is 14.5. The van der Waals surface area contributed by atoms with E-state index in [4.69, 9.17) is 6.42 Å². The first-order valence-electron chi connectivity index (χ1n) is 10.0. The van der Waals surface area contributed by atoms with Crippen molar-refractivity contribution < 1.29 is 0 Å². The van der Waals surface area contributed by atoms with Crippen molar-refractivity contribution in [3.63, 3.8) is 0 Å². The van der Waals surface area contributed by atoms with Crippen LogP contribution in [-0.4, -0.2) is 0 Å². The van der Waals surface area contributed by atoms with Crippen LogP contribution in [0.4, 0.5) is 0 Å². The third kappa shape index (κ3) is 7.64. The molecule has 0 aromatic carbocycles. The number of hydrogen-bond donors (Lipinski definition) is 0. The van der Waals surface area contributed by atoms with E-state index in [1.807, 2.05) is 6.92 Å². The van der Waals surface area contributed by atoms with Crippen LogP contribution in [0.15, 0.2) is 0 Å². The van der Waals surface area contributed by atoms with Gasteiger partial charge in [0.15, 0.2) is 5.41 Å². The minimum atomic E-state index is -0.981. The summed E-state index contributed by atoms with van der Waals surface area (Å²) in [4.78, 5) is 0. The molecular weight excluding hydrogens is 324 g/mol. The molecular formula is C27H32. The molecule has 0 aromatic heterocycles. The van der Waals surface area contributed by atoms with E-state index >= 15 is 0 Å². The van der Waals surface area contributed by atoms with Gasteiger partial charge in [-0.15, -0.1) is 24.2 Å². The molecule has 0 N–H and O–H groups in total. The van der Waals surface area contributed by atoms with Crippen LogP contribution in [0.3, 0.4) is 0 Å². The van der Waals surface area contributed by atoms with Crippen LogP contribution in [0.1, 0.15) is 86.0 Å². The van der Waals surface area contributed by atoms with Gasteiger partial charge in [0, 0.05) is 19.3 Å². The Bertz CT molecular complexity index is 792. The number of unbranched alkanes of at least 4 members (excludes halogenated alkanes) is 3. The molecule has 27 heavy (non-hydrogen) atoms. The lowest BCUT2D eigenvalue weighted by molar-refractivity contribution is 0.364. The minimum Gasteiger partial charge on any atom is -0.118 e. The second-order valence-electron chi connectivity index (χ2n) is 6.29. The van der Waals surface area contributed by atoms with Crippen LogP contribution < -0.4 is 0 Å². The minimum absolute atomic E-state index is 0.696. The fourth-order valence-electron chi connectivity index (χ4n) is 2.60. The van der Waals surface area contributed by atoms with Gasteiger partial charge in [0.25, 0.3) is 0 Å². The van der Waals surface area contributed by atoms with Crippen LogP contribution in [0.2, 0.25) is 0 Å². The summed E-state index contributed by atoms with van der Waals surface area (Å²) in [6, 6.07) is 0. The largest absolute Gasteiger partial charge is 0.180 e. The molecule has 0 amide bonds. The highest BCUT2D eigenvalue weighted by Gasteiger charge is 2.46. The van der Waals surface area contributed by atoms with E-state index < -0.39 is 10.8 Å². The zero-order valence-electron chi connectivity index (χ0n) is 17.7. The summed E-state index contributed by atoms with van der Waals surface area (Å²) in [6.45, 7) is 10.2. The Kier molecular flexibility index (Phi) is 13.1. The van der Waals surface area contributed by atoms with E-state index in [1.54, 1.807) is 6.92 Å². The first-order chi connectivity index (χ1) is 13.1. The molecule has 0 spiro atoms. The van der Waals surface area contributed by atoms with E-state index in [2.05, 4.69) is 85.9 Å². The first kappa shape index (κ1) is 24.4. The van der Waals surface area contributed by atoms with Gasteiger partial charge in [0.2, 0.25) is 0 Å². The number of hydrogen-bond acceptors (Lipinski definition) is 0. The van der Waals surface area contributed by atoms with Crippen molar-refractivity contribution >= 4 is 0 Å². The molecule has 0 aliphatic heterocycles. The highest BCUT2D eigenvalue weighted by molar-refractivity contribution is 5.52. The Morgan fingerprint density at radius 1 is 0.741 bits per heavy atom. The highest BCUT2D eigenvalue weighted by Crippen LogP contribution is 2.42. The lowest BCUT2D eigenvalue weighted by atomic mass is 9.62. The highest BCUT2D eigenvalue weighted by atomic mass is 14.4.